The fourth-order valence-corrected chi connectivity index (χ4v) is 8.17. The first-order valence-electron chi connectivity index (χ1n) is 16.5. The predicted molar refractivity (Wildman–Crippen MR) is 195 cm³/mol. The van der Waals surface area contributed by atoms with Gasteiger partial charge in [0.2, 0.25) is 0 Å². The molecule has 0 bridgehead atoms. The van der Waals surface area contributed by atoms with E-state index in [9.17, 15) is 0 Å². The molecule has 8 aromatic rings. The van der Waals surface area contributed by atoms with E-state index in [0.29, 0.717) is 5.92 Å². The Morgan fingerprint density at radius 3 is 2.11 bits per heavy atom. The highest BCUT2D eigenvalue weighted by Gasteiger charge is 2.36. The molecule has 2 nitrogen and oxygen atoms in total. The molecule has 0 spiro atoms. The highest BCUT2D eigenvalue weighted by molar-refractivity contribution is 6.07. The molecular formula is C45H31NO. The quantitative estimate of drug-likeness (QED) is 0.199. The molecule has 222 valence electrons. The molecule has 1 aromatic heterocycles. The average molecular weight is 602 g/mol. The number of anilines is 3. The van der Waals surface area contributed by atoms with E-state index in [4.69, 9.17) is 4.42 Å². The second-order valence-electron chi connectivity index (χ2n) is 12.8. The minimum atomic E-state index is 0.367. The maximum absolute atomic E-state index is 6.27. The van der Waals surface area contributed by atoms with Crippen LogP contribution in [0.4, 0.5) is 17.1 Å². The lowest BCUT2D eigenvalue weighted by atomic mass is 9.88. The summed E-state index contributed by atoms with van der Waals surface area (Å²) in [6.45, 7) is 0. The summed E-state index contributed by atoms with van der Waals surface area (Å²) >= 11 is 0. The number of para-hydroxylation sites is 1. The van der Waals surface area contributed by atoms with Crippen LogP contribution in [0.1, 0.15) is 29.0 Å². The van der Waals surface area contributed by atoms with E-state index in [2.05, 4.69) is 157 Å². The summed E-state index contributed by atoms with van der Waals surface area (Å²) in [6, 6.07) is 57.5. The van der Waals surface area contributed by atoms with Gasteiger partial charge in [-0.2, -0.15) is 0 Å². The lowest BCUT2D eigenvalue weighted by molar-refractivity contribution is 0.669. The van der Waals surface area contributed by atoms with Crippen molar-refractivity contribution in [3.05, 3.63) is 174 Å². The van der Waals surface area contributed by atoms with Gasteiger partial charge in [0.25, 0.3) is 0 Å². The highest BCUT2D eigenvalue weighted by Crippen LogP contribution is 2.57. The molecule has 1 atom stereocenters. The normalized spacial score (nSPS) is 14.4. The summed E-state index contributed by atoms with van der Waals surface area (Å²) < 4.78 is 6.27. The first-order valence-corrected chi connectivity index (χ1v) is 16.5. The van der Waals surface area contributed by atoms with Crippen LogP contribution in [-0.4, -0.2) is 0 Å². The smallest absolute Gasteiger partial charge is 0.135 e. The van der Waals surface area contributed by atoms with Gasteiger partial charge in [0.1, 0.15) is 11.2 Å². The monoisotopic (exact) mass is 601 g/mol. The Balaban J connectivity index is 1.25. The number of benzene rings is 7. The van der Waals surface area contributed by atoms with Crippen molar-refractivity contribution < 1.29 is 4.42 Å². The van der Waals surface area contributed by atoms with Crippen LogP contribution in [0, 0.1) is 0 Å². The van der Waals surface area contributed by atoms with Crippen LogP contribution in [0.3, 0.4) is 0 Å². The molecule has 0 fully saturated rings. The van der Waals surface area contributed by atoms with E-state index in [1.54, 1.807) is 0 Å². The van der Waals surface area contributed by atoms with Crippen molar-refractivity contribution >= 4 is 39.0 Å². The molecule has 0 radical (unpaired) electrons. The van der Waals surface area contributed by atoms with Crippen molar-refractivity contribution in [2.75, 3.05) is 4.90 Å². The summed E-state index contributed by atoms with van der Waals surface area (Å²) in [4.78, 5) is 2.47. The molecule has 0 N–H and O–H groups in total. The molecule has 47 heavy (non-hydrogen) atoms. The van der Waals surface area contributed by atoms with Gasteiger partial charge in [0.05, 0.1) is 5.69 Å². The Bertz CT molecular complexity index is 2470. The zero-order valence-corrected chi connectivity index (χ0v) is 25.9. The Labute approximate surface area is 274 Å². The number of hydrogen-bond donors (Lipinski definition) is 0. The minimum absolute atomic E-state index is 0.367. The Morgan fingerprint density at radius 2 is 1.21 bits per heavy atom. The van der Waals surface area contributed by atoms with Gasteiger partial charge < -0.3 is 9.32 Å². The van der Waals surface area contributed by atoms with Crippen molar-refractivity contribution in [2.24, 2.45) is 0 Å². The molecule has 0 saturated heterocycles. The summed E-state index contributed by atoms with van der Waals surface area (Å²) in [6.07, 6.45) is 2.16. The number of rotatable bonds is 4. The predicted octanol–water partition coefficient (Wildman–Crippen LogP) is 12.4. The van der Waals surface area contributed by atoms with Gasteiger partial charge in [0, 0.05) is 33.6 Å². The third kappa shape index (κ3) is 4.05. The lowest BCUT2D eigenvalue weighted by Gasteiger charge is -2.30. The van der Waals surface area contributed by atoms with Crippen molar-refractivity contribution in [3.8, 4) is 33.4 Å². The van der Waals surface area contributed by atoms with E-state index < -0.39 is 0 Å². The van der Waals surface area contributed by atoms with E-state index in [0.717, 1.165) is 46.2 Å². The SMILES string of the molecule is c1ccc(-c2ccc(N(c3ccc4oc5ccccc5c4c3)c3ccc4c5c3-c3ccccc3CCC5c3ccccc3-4)cc2)cc1. The van der Waals surface area contributed by atoms with E-state index >= 15 is 0 Å². The van der Waals surface area contributed by atoms with Gasteiger partial charge >= 0.3 is 0 Å². The maximum atomic E-state index is 6.27. The molecule has 0 saturated carbocycles. The number of fused-ring (bicyclic) bond motifs is 8. The van der Waals surface area contributed by atoms with E-state index in [1.165, 1.54) is 55.8 Å². The molecule has 7 aromatic carbocycles. The van der Waals surface area contributed by atoms with Crippen LogP contribution in [-0.2, 0) is 6.42 Å². The third-order valence-electron chi connectivity index (χ3n) is 10.3. The third-order valence-corrected chi connectivity index (χ3v) is 10.3. The van der Waals surface area contributed by atoms with Crippen LogP contribution in [0.15, 0.2) is 162 Å². The number of nitrogens with zero attached hydrogens (tertiary/aromatic N) is 1. The second kappa shape index (κ2) is 10.3. The van der Waals surface area contributed by atoms with Gasteiger partial charge in [-0.25, -0.2) is 0 Å². The van der Waals surface area contributed by atoms with Crippen molar-refractivity contribution in [1.82, 2.24) is 0 Å². The maximum Gasteiger partial charge on any atom is 0.135 e. The molecule has 2 aliphatic carbocycles. The van der Waals surface area contributed by atoms with Crippen LogP contribution in [0.2, 0.25) is 0 Å². The average Bonchev–Trinajstić information content (AvgIpc) is 3.60. The molecule has 2 aliphatic rings. The molecule has 0 amide bonds. The van der Waals surface area contributed by atoms with Gasteiger partial charge in [-0.05, 0) is 99.8 Å². The zero-order chi connectivity index (χ0) is 30.9. The molecule has 2 heteroatoms. The van der Waals surface area contributed by atoms with Crippen molar-refractivity contribution in [2.45, 2.75) is 18.8 Å². The second-order valence-corrected chi connectivity index (χ2v) is 12.8. The molecule has 1 heterocycles. The van der Waals surface area contributed by atoms with Crippen LogP contribution in [0.25, 0.3) is 55.3 Å². The fraction of sp³-hybridized carbons (Fsp3) is 0.0667. The first-order chi connectivity index (χ1) is 23.3. The molecule has 10 rings (SSSR count). The fourth-order valence-electron chi connectivity index (χ4n) is 8.17. The van der Waals surface area contributed by atoms with E-state index in [-0.39, 0.29) is 0 Å². The Hall–Kier alpha value is -5.86. The summed E-state index contributed by atoms with van der Waals surface area (Å²) in [5, 5.41) is 2.26. The summed E-state index contributed by atoms with van der Waals surface area (Å²) in [5.74, 6) is 0.367. The molecule has 1 unspecified atom stereocenters. The zero-order valence-electron chi connectivity index (χ0n) is 25.9. The van der Waals surface area contributed by atoms with Crippen molar-refractivity contribution in [1.29, 1.82) is 0 Å². The van der Waals surface area contributed by atoms with Gasteiger partial charge in [0.15, 0.2) is 0 Å². The Morgan fingerprint density at radius 1 is 0.511 bits per heavy atom. The highest BCUT2D eigenvalue weighted by atomic mass is 16.3. The van der Waals surface area contributed by atoms with Gasteiger partial charge in [-0.3, -0.25) is 0 Å². The molecular weight excluding hydrogens is 571 g/mol. The Kier molecular flexibility index (Phi) is 5.80. The molecule has 0 aliphatic heterocycles. The van der Waals surface area contributed by atoms with Gasteiger partial charge in [-0.15, -0.1) is 0 Å². The van der Waals surface area contributed by atoms with Crippen LogP contribution in [0.5, 0.6) is 0 Å². The number of hydrogen-bond acceptors (Lipinski definition) is 2. The standard InChI is InChI=1S/C45H31NO/c1-2-10-29(11-3-1)30-18-21-32(22-19-30)46(33-23-27-43-40(28-33)37-16-8-9-17-42(37)47-43)41-26-25-39-36-15-7-6-14-35(36)38-24-20-31-12-4-5-13-34(31)45(41)44(38)39/h1-19,21-23,25-28,38H,20,24H2. The summed E-state index contributed by atoms with van der Waals surface area (Å²) in [5.41, 5.74) is 17.5. The van der Waals surface area contributed by atoms with Crippen LogP contribution >= 0.6 is 0 Å². The van der Waals surface area contributed by atoms with Crippen LogP contribution < -0.4 is 4.90 Å². The van der Waals surface area contributed by atoms with E-state index in [1.807, 2.05) is 6.07 Å². The number of furan rings is 1. The van der Waals surface area contributed by atoms with Crippen molar-refractivity contribution in [3.63, 3.8) is 0 Å². The summed E-state index contributed by atoms with van der Waals surface area (Å²) in [7, 11) is 0. The lowest BCUT2D eigenvalue weighted by Crippen LogP contribution is -2.12. The largest absolute Gasteiger partial charge is 0.456 e. The minimum Gasteiger partial charge on any atom is -0.456 e. The topological polar surface area (TPSA) is 16.4 Å². The number of aryl methyl sites for hydroxylation is 1. The first kappa shape index (κ1) is 26.4. The van der Waals surface area contributed by atoms with Gasteiger partial charge in [-0.1, -0.05) is 115 Å².